The monoisotopic (exact) mass is 294 g/mol. The molecule has 1 saturated heterocycles. The van der Waals surface area contributed by atoms with Crippen molar-refractivity contribution >= 4 is 10.1 Å². The van der Waals surface area contributed by atoms with Crippen molar-refractivity contribution in [1.29, 1.82) is 0 Å². The summed E-state index contributed by atoms with van der Waals surface area (Å²) < 4.78 is 34.6. The van der Waals surface area contributed by atoms with Crippen molar-refractivity contribution in [3.05, 3.63) is 35.9 Å². The van der Waals surface area contributed by atoms with Gasteiger partial charge in [-0.2, -0.15) is 8.42 Å². The zero-order valence-electron chi connectivity index (χ0n) is 11.4. The highest BCUT2D eigenvalue weighted by Gasteiger charge is 2.71. The van der Waals surface area contributed by atoms with Crippen LogP contribution in [-0.4, -0.2) is 32.5 Å². The van der Waals surface area contributed by atoms with Crippen molar-refractivity contribution in [3.8, 4) is 0 Å². The van der Waals surface area contributed by atoms with E-state index in [2.05, 4.69) is 12.1 Å². The van der Waals surface area contributed by atoms with Crippen LogP contribution < -0.4 is 0 Å². The molecular formula is C15H18O4S. The summed E-state index contributed by atoms with van der Waals surface area (Å²) in [6.45, 7) is 0. The van der Waals surface area contributed by atoms with Gasteiger partial charge in [0.1, 0.15) is 11.7 Å². The Balaban J connectivity index is 1.75. The number of fused-ring (bicyclic) bond motifs is 2. The van der Waals surface area contributed by atoms with Crippen LogP contribution in [0.1, 0.15) is 30.7 Å². The molecule has 1 aliphatic heterocycles. The van der Waals surface area contributed by atoms with Gasteiger partial charge in [-0.15, -0.1) is 0 Å². The summed E-state index contributed by atoms with van der Waals surface area (Å²) in [7, 11) is -3.48. The Hall–Kier alpha value is -0.910. The van der Waals surface area contributed by atoms with Gasteiger partial charge < -0.3 is 4.74 Å². The molecule has 1 unspecified atom stereocenters. The smallest absolute Gasteiger partial charge is 0.264 e. The van der Waals surface area contributed by atoms with Crippen LogP contribution in [0.3, 0.4) is 0 Å². The lowest BCUT2D eigenvalue weighted by Gasteiger charge is -2.45. The van der Waals surface area contributed by atoms with Crippen molar-refractivity contribution < 1.29 is 17.3 Å². The summed E-state index contributed by atoms with van der Waals surface area (Å²) in [5.74, 6) is 0.581. The molecule has 4 aliphatic rings. The van der Waals surface area contributed by atoms with E-state index in [1.54, 1.807) is 0 Å². The first-order valence-corrected chi connectivity index (χ1v) is 8.92. The van der Waals surface area contributed by atoms with E-state index in [9.17, 15) is 8.42 Å². The van der Waals surface area contributed by atoms with E-state index in [1.807, 2.05) is 18.2 Å². The zero-order chi connectivity index (χ0) is 14.0. The van der Waals surface area contributed by atoms with E-state index in [0.717, 1.165) is 25.5 Å². The van der Waals surface area contributed by atoms with E-state index >= 15 is 0 Å². The lowest BCUT2D eigenvalue weighted by atomic mass is 9.61. The number of hydrogen-bond acceptors (Lipinski definition) is 4. The van der Waals surface area contributed by atoms with Crippen LogP contribution in [-0.2, 0) is 19.0 Å². The molecule has 1 aromatic rings. The zero-order valence-corrected chi connectivity index (χ0v) is 12.2. The normalized spacial score (nSPS) is 42.2. The average molecular weight is 294 g/mol. The fourth-order valence-electron chi connectivity index (χ4n) is 4.22. The largest absolute Gasteiger partial charge is 0.363 e. The van der Waals surface area contributed by atoms with Gasteiger partial charge in [0.25, 0.3) is 10.1 Å². The Morgan fingerprint density at radius 1 is 1.30 bits per heavy atom. The van der Waals surface area contributed by atoms with Crippen LogP contribution in [0.2, 0.25) is 0 Å². The molecule has 5 atom stereocenters. The topological polar surface area (TPSA) is 55.9 Å². The number of benzene rings is 1. The molecule has 0 amide bonds. The molecule has 4 nitrogen and oxygen atoms in total. The fraction of sp³-hybridized carbons (Fsp3) is 0.600. The highest BCUT2D eigenvalue weighted by Crippen LogP contribution is 2.64. The van der Waals surface area contributed by atoms with Gasteiger partial charge in [0, 0.05) is 5.92 Å². The second kappa shape index (κ2) is 4.06. The van der Waals surface area contributed by atoms with Crippen LogP contribution in [0, 0.1) is 5.92 Å². The second-order valence-electron chi connectivity index (χ2n) is 6.25. The summed E-state index contributed by atoms with van der Waals surface area (Å²) >= 11 is 0. The standard InChI is InChI=1S/C15H18O4S/c1-20(16,17)19-14-13(10-5-3-2-4-6-10)11-7-8-15(14)12(9-11)18-15/h2-6,11-14H,7-9H2,1H3/t11-,12?,13-,14+,15-/m0/s1. The van der Waals surface area contributed by atoms with Crippen LogP contribution in [0.5, 0.6) is 0 Å². The van der Waals surface area contributed by atoms with Gasteiger partial charge in [-0.1, -0.05) is 30.3 Å². The van der Waals surface area contributed by atoms with E-state index in [4.69, 9.17) is 8.92 Å². The van der Waals surface area contributed by atoms with Crippen LogP contribution in [0.4, 0.5) is 0 Å². The molecule has 1 aromatic carbocycles. The van der Waals surface area contributed by atoms with Gasteiger partial charge in [-0.05, 0) is 30.7 Å². The molecule has 0 aromatic heterocycles. The van der Waals surface area contributed by atoms with Gasteiger partial charge in [0.2, 0.25) is 0 Å². The summed E-state index contributed by atoms with van der Waals surface area (Å²) in [5, 5.41) is 0. The Morgan fingerprint density at radius 2 is 2.05 bits per heavy atom. The third-order valence-corrected chi connectivity index (χ3v) is 5.61. The number of ether oxygens (including phenoxy) is 1. The summed E-state index contributed by atoms with van der Waals surface area (Å²) in [6.07, 6.45) is 4.02. The lowest BCUT2D eigenvalue weighted by molar-refractivity contribution is 0.0135. The molecule has 20 heavy (non-hydrogen) atoms. The number of hydrogen-bond donors (Lipinski definition) is 0. The van der Waals surface area contributed by atoms with Crippen LogP contribution in [0.25, 0.3) is 0 Å². The summed E-state index contributed by atoms with van der Waals surface area (Å²) in [5.41, 5.74) is 0.817. The number of rotatable bonds is 3. The minimum atomic E-state index is -3.48. The van der Waals surface area contributed by atoms with E-state index in [-0.39, 0.29) is 23.7 Å². The molecule has 5 rings (SSSR count). The third-order valence-electron chi connectivity index (χ3n) is 5.05. The molecule has 0 radical (unpaired) electrons. The Kier molecular flexibility index (Phi) is 2.60. The van der Waals surface area contributed by atoms with Crippen LogP contribution in [0.15, 0.2) is 30.3 Å². The molecule has 5 heteroatoms. The first kappa shape index (κ1) is 12.8. The average Bonchev–Trinajstić information content (AvgIpc) is 3.13. The van der Waals surface area contributed by atoms with Crippen molar-refractivity contribution in [2.24, 2.45) is 5.92 Å². The van der Waals surface area contributed by atoms with Gasteiger partial charge in [-0.25, -0.2) is 0 Å². The third kappa shape index (κ3) is 1.84. The van der Waals surface area contributed by atoms with Crippen molar-refractivity contribution in [2.45, 2.75) is 43.0 Å². The van der Waals surface area contributed by atoms with E-state index in [0.29, 0.717) is 5.92 Å². The SMILES string of the molecule is CS(=O)(=O)O[C@@H]1[C@@H](c2ccccc2)[C@H]2CC[C@@]13OC3C2. The Bertz CT molecular complexity index is 627. The predicted octanol–water partition coefficient (Wildman–Crippen LogP) is 2.07. The first-order chi connectivity index (χ1) is 9.50. The molecule has 1 spiro atoms. The highest BCUT2D eigenvalue weighted by atomic mass is 32.2. The highest BCUT2D eigenvalue weighted by molar-refractivity contribution is 7.86. The predicted molar refractivity (Wildman–Crippen MR) is 73.8 cm³/mol. The molecular weight excluding hydrogens is 276 g/mol. The molecule has 1 heterocycles. The Morgan fingerprint density at radius 3 is 2.70 bits per heavy atom. The van der Waals surface area contributed by atoms with Gasteiger partial charge in [0.05, 0.1) is 12.4 Å². The minimum absolute atomic E-state index is 0.124. The fourth-order valence-corrected chi connectivity index (χ4v) is 4.88. The molecule has 2 bridgehead atoms. The molecule has 3 saturated carbocycles. The van der Waals surface area contributed by atoms with Crippen molar-refractivity contribution in [1.82, 2.24) is 0 Å². The molecule has 0 N–H and O–H groups in total. The van der Waals surface area contributed by atoms with Crippen LogP contribution >= 0.6 is 0 Å². The van der Waals surface area contributed by atoms with Crippen molar-refractivity contribution in [3.63, 3.8) is 0 Å². The van der Waals surface area contributed by atoms with Gasteiger partial charge >= 0.3 is 0 Å². The Labute approximate surface area is 119 Å². The summed E-state index contributed by atoms with van der Waals surface area (Å²) in [6, 6.07) is 10.1. The van der Waals surface area contributed by atoms with Gasteiger partial charge in [0.15, 0.2) is 0 Å². The lowest BCUT2D eigenvalue weighted by Crippen LogP contribution is -2.51. The first-order valence-electron chi connectivity index (χ1n) is 7.11. The quantitative estimate of drug-likeness (QED) is 0.632. The maximum absolute atomic E-state index is 11.6. The second-order valence-corrected chi connectivity index (χ2v) is 7.85. The van der Waals surface area contributed by atoms with Gasteiger partial charge in [-0.3, -0.25) is 4.18 Å². The molecule has 108 valence electrons. The maximum Gasteiger partial charge on any atom is 0.264 e. The molecule has 3 aliphatic carbocycles. The number of epoxide rings is 1. The van der Waals surface area contributed by atoms with E-state index < -0.39 is 10.1 Å². The van der Waals surface area contributed by atoms with E-state index in [1.165, 1.54) is 5.56 Å². The maximum atomic E-state index is 11.6. The summed E-state index contributed by atoms with van der Waals surface area (Å²) in [4.78, 5) is 0. The minimum Gasteiger partial charge on any atom is -0.363 e. The molecule has 4 fully saturated rings. The van der Waals surface area contributed by atoms with Crippen molar-refractivity contribution in [2.75, 3.05) is 6.26 Å².